The summed E-state index contributed by atoms with van der Waals surface area (Å²) >= 11 is 3.99. The predicted octanol–water partition coefficient (Wildman–Crippen LogP) is 2.43. The highest BCUT2D eigenvalue weighted by atomic mass is 32.1. The van der Waals surface area contributed by atoms with E-state index in [1.165, 1.54) is 0 Å². The van der Waals surface area contributed by atoms with E-state index in [4.69, 9.17) is 0 Å². The lowest BCUT2D eigenvalue weighted by molar-refractivity contribution is -0.144. The fraction of sp³-hybridized carbons (Fsp3) is 0.500. The molecule has 6 heteroatoms. The van der Waals surface area contributed by atoms with E-state index in [-0.39, 0.29) is 12.5 Å². The summed E-state index contributed by atoms with van der Waals surface area (Å²) in [5, 5.41) is 0. The van der Waals surface area contributed by atoms with Crippen LogP contribution in [0.2, 0.25) is 0 Å². The molecule has 1 aromatic rings. The number of rotatable bonds is 3. The molecule has 0 saturated heterocycles. The third-order valence-electron chi connectivity index (χ3n) is 2.15. The SMILES string of the molecule is CC(CS)Cn1c(C(F)(F)F)cccc1=O. The van der Waals surface area contributed by atoms with Crippen molar-refractivity contribution in [1.29, 1.82) is 0 Å². The van der Waals surface area contributed by atoms with Gasteiger partial charge in [-0.25, -0.2) is 0 Å². The molecule has 0 bridgehead atoms. The molecule has 16 heavy (non-hydrogen) atoms. The summed E-state index contributed by atoms with van der Waals surface area (Å²) in [6.45, 7) is 1.77. The van der Waals surface area contributed by atoms with Crippen LogP contribution in [0.4, 0.5) is 13.2 Å². The number of hydrogen-bond acceptors (Lipinski definition) is 2. The second-order valence-electron chi connectivity index (χ2n) is 3.65. The number of thiol groups is 1. The van der Waals surface area contributed by atoms with Gasteiger partial charge in [-0.3, -0.25) is 4.79 Å². The van der Waals surface area contributed by atoms with Gasteiger partial charge in [0.2, 0.25) is 0 Å². The summed E-state index contributed by atoms with van der Waals surface area (Å²) in [7, 11) is 0. The molecule has 1 heterocycles. The van der Waals surface area contributed by atoms with Crippen LogP contribution in [0.5, 0.6) is 0 Å². The van der Waals surface area contributed by atoms with Gasteiger partial charge < -0.3 is 4.57 Å². The van der Waals surface area contributed by atoms with E-state index in [1.807, 2.05) is 0 Å². The van der Waals surface area contributed by atoms with Crippen LogP contribution < -0.4 is 5.56 Å². The Hall–Kier alpha value is -0.910. The van der Waals surface area contributed by atoms with Gasteiger partial charge in [0.1, 0.15) is 5.69 Å². The Labute approximate surface area is 96.5 Å². The van der Waals surface area contributed by atoms with Crippen LogP contribution in [-0.2, 0) is 12.7 Å². The number of alkyl halides is 3. The maximum atomic E-state index is 12.6. The Morgan fingerprint density at radius 2 is 2.06 bits per heavy atom. The quantitative estimate of drug-likeness (QED) is 0.819. The van der Waals surface area contributed by atoms with Gasteiger partial charge in [0.15, 0.2) is 0 Å². The summed E-state index contributed by atoms with van der Waals surface area (Å²) in [4.78, 5) is 11.4. The predicted molar refractivity (Wildman–Crippen MR) is 58.7 cm³/mol. The summed E-state index contributed by atoms with van der Waals surface area (Å²) < 4.78 is 38.6. The molecule has 1 aromatic heterocycles. The topological polar surface area (TPSA) is 22.0 Å². The Morgan fingerprint density at radius 1 is 1.44 bits per heavy atom. The minimum absolute atomic E-state index is 0.0258. The molecule has 0 aliphatic carbocycles. The van der Waals surface area contributed by atoms with E-state index in [2.05, 4.69) is 12.6 Å². The second-order valence-corrected chi connectivity index (χ2v) is 4.01. The van der Waals surface area contributed by atoms with Crippen molar-refractivity contribution in [2.24, 2.45) is 5.92 Å². The van der Waals surface area contributed by atoms with Gasteiger partial charge in [-0.05, 0) is 17.7 Å². The molecule has 0 saturated carbocycles. The maximum Gasteiger partial charge on any atom is 0.431 e. The Balaban J connectivity index is 3.20. The fourth-order valence-corrected chi connectivity index (χ4v) is 1.44. The lowest BCUT2D eigenvalue weighted by Gasteiger charge is -2.17. The monoisotopic (exact) mass is 251 g/mol. The molecule has 0 N–H and O–H groups in total. The van der Waals surface area contributed by atoms with Gasteiger partial charge in [0, 0.05) is 12.6 Å². The highest BCUT2D eigenvalue weighted by Gasteiger charge is 2.34. The first-order chi connectivity index (χ1) is 7.36. The molecule has 0 aromatic carbocycles. The first-order valence-corrected chi connectivity index (χ1v) is 5.37. The van der Waals surface area contributed by atoms with Crippen molar-refractivity contribution >= 4 is 12.6 Å². The van der Waals surface area contributed by atoms with Crippen LogP contribution in [0.1, 0.15) is 12.6 Å². The average molecular weight is 251 g/mol. The van der Waals surface area contributed by atoms with Crippen molar-refractivity contribution in [1.82, 2.24) is 4.57 Å². The van der Waals surface area contributed by atoms with Gasteiger partial charge in [-0.15, -0.1) is 0 Å². The van der Waals surface area contributed by atoms with Gasteiger partial charge in [-0.1, -0.05) is 13.0 Å². The Morgan fingerprint density at radius 3 is 2.56 bits per heavy atom. The molecule has 1 unspecified atom stereocenters. The zero-order valence-corrected chi connectivity index (χ0v) is 9.55. The summed E-state index contributed by atoms with van der Waals surface area (Å²) in [6, 6.07) is 3.15. The zero-order chi connectivity index (χ0) is 12.3. The van der Waals surface area contributed by atoms with Crippen LogP contribution in [0.15, 0.2) is 23.0 Å². The van der Waals surface area contributed by atoms with Crippen molar-refractivity contribution in [2.75, 3.05) is 5.75 Å². The van der Waals surface area contributed by atoms with Crippen molar-refractivity contribution in [3.8, 4) is 0 Å². The minimum Gasteiger partial charge on any atom is -0.304 e. The molecule has 0 aliphatic rings. The summed E-state index contributed by atoms with van der Waals surface area (Å²) in [5.74, 6) is 0.336. The molecule has 0 fully saturated rings. The van der Waals surface area contributed by atoms with E-state index in [0.29, 0.717) is 5.75 Å². The summed E-state index contributed by atoms with van der Waals surface area (Å²) in [6.07, 6.45) is -4.50. The number of nitrogens with zero attached hydrogens (tertiary/aromatic N) is 1. The Bertz CT molecular complexity index is 413. The normalized spacial score (nSPS) is 13.8. The highest BCUT2D eigenvalue weighted by Crippen LogP contribution is 2.28. The van der Waals surface area contributed by atoms with Crippen molar-refractivity contribution in [3.05, 3.63) is 34.2 Å². The molecular formula is C10H12F3NOS. The third-order valence-corrected chi connectivity index (χ3v) is 2.77. The molecule has 0 aliphatic heterocycles. The molecule has 1 atom stereocenters. The van der Waals surface area contributed by atoms with Gasteiger partial charge in [0.25, 0.3) is 5.56 Å². The van der Waals surface area contributed by atoms with Crippen LogP contribution >= 0.6 is 12.6 Å². The highest BCUT2D eigenvalue weighted by molar-refractivity contribution is 7.80. The first-order valence-electron chi connectivity index (χ1n) is 4.74. The standard InChI is InChI=1S/C10H12F3NOS/c1-7(6-16)5-14-8(10(11,12)13)3-2-4-9(14)15/h2-4,7,16H,5-6H2,1H3. The van der Waals surface area contributed by atoms with Crippen molar-refractivity contribution in [3.63, 3.8) is 0 Å². The van der Waals surface area contributed by atoms with Crippen LogP contribution in [0, 0.1) is 5.92 Å². The molecule has 0 amide bonds. The smallest absolute Gasteiger partial charge is 0.304 e. The van der Waals surface area contributed by atoms with Gasteiger partial charge in [-0.2, -0.15) is 25.8 Å². The lowest BCUT2D eigenvalue weighted by atomic mass is 10.2. The number of hydrogen-bond donors (Lipinski definition) is 1. The van der Waals surface area contributed by atoms with E-state index < -0.39 is 17.4 Å². The number of aromatic nitrogens is 1. The average Bonchev–Trinajstić information content (AvgIpc) is 2.19. The first kappa shape index (κ1) is 13.2. The van der Waals surface area contributed by atoms with Crippen LogP contribution in [0.3, 0.4) is 0 Å². The molecule has 0 radical (unpaired) electrons. The van der Waals surface area contributed by atoms with E-state index in [9.17, 15) is 18.0 Å². The van der Waals surface area contributed by atoms with Gasteiger partial charge >= 0.3 is 6.18 Å². The molecule has 2 nitrogen and oxygen atoms in total. The zero-order valence-electron chi connectivity index (χ0n) is 8.66. The molecule has 0 spiro atoms. The van der Waals surface area contributed by atoms with Crippen molar-refractivity contribution < 1.29 is 13.2 Å². The number of halogens is 3. The van der Waals surface area contributed by atoms with Gasteiger partial charge in [0.05, 0.1) is 0 Å². The molecule has 1 rings (SSSR count). The number of pyridine rings is 1. The fourth-order valence-electron chi connectivity index (χ4n) is 1.33. The second kappa shape index (κ2) is 4.95. The third kappa shape index (κ3) is 3.04. The maximum absolute atomic E-state index is 12.6. The minimum atomic E-state index is -4.50. The van der Waals surface area contributed by atoms with E-state index in [1.54, 1.807) is 6.92 Å². The largest absolute Gasteiger partial charge is 0.431 e. The van der Waals surface area contributed by atoms with Crippen molar-refractivity contribution in [2.45, 2.75) is 19.6 Å². The van der Waals surface area contributed by atoms with E-state index in [0.717, 1.165) is 22.8 Å². The van der Waals surface area contributed by atoms with E-state index >= 15 is 0 Å². The molecular weight excluding hydrogens is 239 g/mol. The van der Waals surface area contributed by atoms with Crippen LogP contribution in [0.25, 0.3) is 0 Å². The Kier molecular flexibility index (Phi) is 4.07. The van der Waals surface area contributed by atoms with Crippen LogP contribution in [-0.4, -0.2) is 10.3 Å². The molecule has 90 valence electrons. The lowest BCUT2D eigenvalue weighted by Crippen LogP contribution is -2.29. The summed E-state index contributed by atoms with van der Waals surface area (Å²) in [5.41, 5.74) is -1.54.